The molecule has 0 saturated carbocycles. The maximum absolute atomic E-state index is 12.9. The Morgan fingerprint density at radius 3 is 2.40 bits per heavy atom. The predicted molar refractivity (Wildman–Crippen MR) is 117 cm³/mol. The third-order valence-corrected chi connectivity index (χ3v) is 8.53. The number of nitrogens with zero attached hydrogens (tertiary/aromatic N) is 6. The van der Waals surface area contributed by atoms with Crippen molar-refractivity contribution in [1.29, 1.82) is 0 Å². The quantitative estimate of drug-likeness (QED) is 0.557. The summed E-state index contributed by atoms with van der Waals surface area (Å²) < 4.78 is 28.8. The van der Waals surface area contributed by atoms with E-state index < -0.39 is 10.0 Å². The Hall–Kier alpha value is -1.69. The number of rotatable bonds is 8. The van der Waals surface area contributed by atoms with E-state index in [2.05, 4.69) is 22.0 Å². The van der Waals surface area contributed by atoms with Gasteiger partial charge in [0.1, 0.15) is 0 Å². The first-order valence-corrected chi connectivity index (χ1v) is 12.7. The molecule has 30 heavy (non-hydrogen) atoms. The Labute approximate surface area is 182 Å². The van der Waals surface area contributed by atoms with Crippen LogP contribution in [0.5, 0.6) is 0 Å². The highest BCUT2D eigenvalue weighted by molar-refractivity contribution is 8.00. The van der Waals surface area contributed by atoms with E-state index in [0.717, 1.165) is 32.7 Å². The van der Waals surface area contributed by atoms with Crippen LogP contribution in [0.2, 0.25) is 0 Å². The Bertz CT molecular complexity index is 981. The van der Waals surface area contributed by atoms with Crippen molar-refractivity contribution in [2.45, 2.75) is 43.0 Å². The van der Waals surface area contributed by atoms with E-state index in [4.69, 9.17) is 0 Å². The number of sulfonamides is 1. The lowest BCUT2D eigenvalue weighted by atomic mass is 10.3. The fourth-order valence-electron chi connectivity index (χ4n) is 3.55. The normalized spacial score (nSPS) is 17.0. The van der Waals surface area contributed by atoms with Crippen molar-refractivity contribution in [3.8, 4) is 0 Å². The van der Waals surface area contributed by atoms with Crippen molar-refractivity contribution >= 4 is 33.3 Å². The molecule has 1 amide bonds. The molecule has 2 aromatic heterocycles. The number of piperazine rings is 1. The summed E-state index contributed by atoms with van der Waals surface area (Å²) in [5.41, 5.74) is 0.548. The molecule has 1 aliphatic rings. The number of carbonyl (C=O) groups is 1. The van der Waals surface area contributed by atoms with E-state index in [1.54, 1.807) is 22.7 Å². The summed E-state index contributed by atoms with van der Waals surface area (Å²) in [7, 11) is -3.59. The summed E-state index contributed by atoms with van der Waals surface area (Å²) >= 11 is 1.30. The van der Waals surface area contributed by atoms with E-state index in [0.29, 0.717) is 23.9 Å². The van der Waals surface area contributed by atoms with Crippen LogP contribution >= 0.6 is 11.8 Å². The van der Waals surface area contributed by atoms with Crippen LogP contribution < -0.4 is 0 Å². The van der Waals surface area contributed by atoms with Gasteiger partial charge in [0.05, 0.1) is 10.1 Å². The van der Waals surface area contributed by atoms with Gasteiger partial charge in [-0.15, -0.1) is 10.2 Å². The summed E-state index contributed by atoms with van der Waals surface area (Å²) in [6, 6.07) is 3.19. The minimum Gasteiger partial charge on any atom is -0.339 e. The molecule has 0 N–H and O–H groups in total. The number of fused-ring (bicyclic) bond motifs is 1. The lowest BCUT2D eigenvalue weighted by Gasteiger charge is -2.35. The van der Waals surface area contributed by atoms with Crippen LogP contribution in [0.1, 0.15) is 27.7 Å². The maximum atomic E-state index is 12.9. The highest BCUT2D eigenvalue weighted by Gasteiger charge is 2.27. The number of aromatic nitrogens is 3. The Morgan fingerprint density at radius 1 is 1.13 bits per heavy atom. The summed E-state index contributed by atoms with van der Waals surface area (Å²) in [4.78, 5) is 17.3. The number of amides is 1. The molecule has 1 fully saturated rings. The van der Waals surface area contributed by atoms with Gasteiger partial charge in [-0.2, -0.15) is 4.31 Å². The molecule has 0 radical (unpaired) electrons. The minimum absolute atomic E-state index is 0.0689. The molecule has 2 aromatic rings. The van der Waals surface area contributed by atoms with Crippen LogP contribution in [0, 0.1) is 0 Å². The zero-order chi connectivity index (χ0) is 21.9. The number of likely N-dealkylation sites (N-methyl/N-ethyl adjacent to an activating group) is 1. The van der Waals surface area contributed by atoms with Gasteiger partial charge in [0.2, 0.25) is 15.9 Å². The molecule has 0 spiro atoms. The van der Waals surface area contributed by atoms with Crippen molar-refractivity contribution in [2.24, 2.45) is 0 Å². The second-order valence-electron chi connectivity index (χ2n) is 7.18. The number of hydrogen-bond acceptors (Lipinski definition) is 7. The first-order chi connectivity index (χ1) is 14.3. The van der Waals surface area contributed by atoms with Crippen molar-refractivity contribution < 1.29 is 13.2 Å². The van der Waals surface area contributed by atoms with Gasteiger partial charge in [0.15, 0.2) is 10.8 Å². The third kappa shape index (κ3) is 4.63. The lowest BCUT2D eigenvalue weighted by Crippen LogP contribution is -2.50. The molecule has 11 heteroatoms. The van der Waals surface area contributed by atoms with E-state index in [9.17, 15) is 13.2 Å². The molecule has 0 aromatic carbocycles. The second kappa shape index (κ2) is 9.63. The zero-order valence-corrected chi connectivity index (χ0v) is 19.6. The summed E-state index contributed by atoms with van der Waals surface area (Å²) in [6.45, 7) is 12.6. The molecule has 9 nitrogen and oxygen atoms in total. The van der Waals surface area contributed by atoms with Crippen molar-refractivity contribution in [3.63, 3.8) is 0 Å². The highest BCUT2D eigenvalue weighted by Crippen LogP contribution is 2.25. The average Bonchev–Trinajstić information content (AvgIpc) is 3.16. The van der Waals surface area contributed by atoms with Crippen LogP contribution in [0.25, 0.3) is 5.65 Å². The third-order valence-electron chi connectivity index (χ3n) is 5.45. The molecular formula is C19H30N6O3S2. The van der Waals surface area contributed by atoms with Crippen molar-refractivity contribution in [3.05, 3.63) is 18.3 Å². The molecule has 1 aliphatic heterocycles. The van der Waals surface area contributed by atoms with Gasteiger partial charge < -0.3 is 9.80 Å². The fraction of sp³-hybridized carbons (Fsp3) is 0.632. The molecule has 3 heterocycles. The molecule has 1 saturated heterocycles. The first kappa shape index (κ1) is 23.0. The molecule has 1 atom stereocenters. The average molecular weight is 455 g/mol. The molecule has 166 valence electrons. The van der Waals surface area contributed by atoms with Crippen LogP contribution in [0.3, 0.4) is 0 Å². The van der Waals surface area contributed by atoms with Gasteiger partial charge >= 0.3 is 0 Å². The molecule has 0 bridgehead atoms. The standard InChI is InChI=1S/C19H30N6O3S2/c1-5-22-10-12-23(13-11-22)18(26)15(4)29-19-21-20-17-9-8-16(14-25(17)19)30(27,28)24(6-2)7-3/h8-9,14-15H,5-7,10-13H2,1-4H3. The van der Waals surface area contributed by atoms with Gasteiger partial charge in [-0.25, -0.2) is 8.42 Å². The van der Waals surface area contributed by atoms with E-state index in [-0.39, 0.29) is 16.1 Å². The number of pyridine rings is 1. The Balaban J connectivity index is 1.79. The van der Waals surface area contributed by atoms with Crippen LogP contribution in [-0.2, 0) is 14.8 Å². The fourth-order valence-corrected chi connectivity index (χ4v) is 5.92. The van der Waals surface area contributed by atoms with E-state index in [1.165, 1.54) is 16.1 Å². The first-order valence-electron chi connectivity index (χ1n) is 10.3. The Kier molecular flexibility index (Phi) is 7.38. The Morgan fingerprint density at radius 2 is 1.80 bits per heavy atom. The van der Waals surface area contributed by atoms with Crippen LogP contribution in [0.15, 0.2) is 28.4 Å². The lowest BCUT2D eigenvalue weighted by molar-refractivity contribution is -0.132. The van der Waals surface area contributed by atoms with Crippen LogP contribution in [0.4, 0.5) is 0 Å². The number of hydrogen-bond donors (Lipinski definition) is 0. The highest BCUT2D eigenvalue weighted by atomic mass is 32.2. The molecule has 3 rings (SSSR count). The molecule has 1 unspecified atom stereocenters. The maximum Gasteiger partial charge on any atom is 0.244 e. The van der Waals surface area contributed by atoms with Gasteiger partial charge in [0.25, 0.3) is 0 Å². The summed E-state index contributed by atoms with van der Waals surface area (Å²) in [5.74, 6) is 0.0689. The second-order valence-corrected chi connectivity index (χ2v) is 10.4. The number of thioether (sulfide) groups is 1. The topological polar surface area (TPSA) is 91.1 Å². The SMILES string of the molecule is CCN1CCN(C(=O)C(C)Sc2nnc3ccc(S(=O)(=O)N(CC)CC)cn23)CC1. The minimum atomic E-state index is -3.59. The van der Waals surface area contributed by atoms with Crippen LogP contribution in [-0.4, -0.2) is 94.1 Å². The molecular weight excluding hydrogens is 424 g/mol. The van der Waals surface area contributed by atoms with Gasteiger partial charge in [-0.05, 0) is 25.6 Å². The monoisotopic (exact) mass is 454 g/mol. The van der Waals surface area contributed by atoms with E-state index >= 15 is 0 Å². The van der Waals surface area contributed by atoms with Crippen molar-refractivity contribution in [1.82, 2.24) is 28.7 Å². The van der Waals surface area contributed by atoms with Gasteiger partial charge in [0, 0.05) is 45.5 Å². The summed E-state index contributed by atoms with van der Waals surface area (Å²) in [6.07, 6.45) is 1.54. The van der Waals surface area contributed by atoms with Crippen molar-refractivity contribution in [2.75, 3.05) is 45.8 Å². The zero-order valence-electron chi connectivity index (χ0n) is 18.0. The van der Waals surface area contributed by atoms with Gasteiger partial charge in [-0.3, -0.25) is 9.20 Å². The predicted octanol–water partition coefficient (Wildman–Crippen LogP) is 1.40. The number of carbonyl (C=O) groups excluding carboxylic acids is 1. The van der Waals surface area contributed by atoms with Gasteiger partial charge in [-0.1, -0.05) is 32.5 Å². The van der Waals surface area contributed by atoms with E-state index in [1.807, 2.05) is 25.7 Å². The largest absolute Gasteiger partial charge is 0.339 e. The smallest absolute Gasteiger partial charge is 0.244 e. The summed E-state index contributed by atoms with van der Waals surface area (Å²) in [5, 5.41) is 8.48. The molecule has 0 aliphatic carbocycles.